The third-order valence-corrected chi connectivity index (χ3v) is 6.46. The summed E-state index contributed by atoms with van der Waals surface area (Å²) in [5.41, 5.74) is 1.89. The van der Waals surface area contributed by atoms with Crippen LogP contribution in [0.1, 0.15) is 82.4 Å². The van der Waals surface area contributed by atoms with E-state index in [0.717, 1.165) is 24.0 Å². The van der Waals surface area contributed by atoms with Crippen LogP contribution < -0.4 is 18.9 Å². The first-order chi connectivity index (χ1) is 18.0. The van der Waals surface area contributed by atoms with Crippen LogP contribution in [-0.4, -0.2) is 39.1 Å². The molecule has 0 amide bonds. The highest BCUT2D eigenvalue weighted by molar-refractivity contribution is 5.54. The minimum atomic E-state index is -0.388. The first-order valence-electron chi connectivity index (χ1n) is 13.5. The molecule has 0 aliphatic heterocycles. The molecule has 0 saturated carbocycles. The molecule has 0 aliphatic carbocycles. The van der Waals surface area contributed by atoms with Crippen molar-refractivity contribution in [3.63, 3.8) is 0 Å². The minimum absolute atomic E-state index is 0.0859. The van der Waals surface area contributed by atoms with Crippen molar-refractivity contribution in [2.75, 3.05) is 27.9 Å². The number of ether oxygens (including phenoxy) is 5. The fourth-order valence-corrected chi connectivity index (χ4v) is 4.40. The average Bonchev–Trinajstić information content (AvgIpc) is 2.91. The summed E-state index contributed by atoms with van der Waals surface area (Å²) in [5, 5.41) is 10.1. The molecule has 6 nitrogen and oxygen atoms in total. The molecule has 2 rings (SSSR count). The van der Waals surface area contributed by atoms with E-state index >= 15 is 0 Å². The smallest absolute Gasteiger partial charge is 0.203 e. The van der Waals surface area contributed by atoms with Gasteiger partial charge in [0.1, 0.15) is 12.2 Å². The molecule has 2 aromatic carbocycles. The van der Waals surface area contributed by atoms with Crippen LogP contribution in [0.25, 0.3) is 0 Å². The predicted molar refractivity (Wildman–Crippen MR) is 149 cm³/mol. The highest BCUT2D eigenvalue weighted by Gasteiger charge is 2.26. The first kappa shape index (κ1) is 30.4. The lowest BCUT2D eigenvalue weighted by Gasteiger charge is -2.27. The zero-order valence-electron chi connectivity index (χ0n) is 23.4. The second-order valence-electron chi connectivity index (χ2n) is 9.34. The predicted octanol–water partition coefficient (Wildman–Crippen LogP) is 7.81. The molecule has 37 heavy (non-hydrogen) atoms. The molecular formula is C31H46O6. The molecular weight excluding hydrogens is 468 g/mol. The monoisotopic (exact) mass is 514 g/mol. The van der Waals surface area contributed by atoms with Gasteiger partial charge in [0.05, 0.1) is 21.3 Å². The standard InChI is InChI=1S/C31H46O6/c1-7-9-10-11-12-13-14-15-19-36-30(25-17-18-26(32)27(22-25)33-4)23(3)37-31-28(34-5)20-24(16-8-2)21-29(31)35-6/h8,17-18,20-23,30,32H,2,7,9-16,19H2,1,3-6H3. The lowest BCUT2D eigenvalue weighted by Crippen LogP contribution is -2.25. The maximum atomic E-state index is 10.1. The molecule has 1 N–H and O–H groups in total. The zero-order valence-corrected chi connectivity index (χ0v) is 23.4. The minimum Gasteiger partial charge on any atom is -0.504 e. The SMILES string of the molecule is C=CCc1cc(OC)c(OC(C)C(OCCCCCCCCCC)c2ccc(O)c(OC)c2)c(OC)c1. The normalized spacial score (nSPS) is 12.6. The number of hydrogen-bond donors (Lipinski definition) is 1. The van der Waals surface area contributed by atoms with Crippen molar-refractivity contribution in [3.8, 4) is 28.7 Å². The summed E-state index contributed by atoms with van der Waals surface area (Å²) < 4.78 is 29.5. The number of allylic oxidation sites excluding steroid dienone is 1. The van der Waals surface area contributed by atoms with Crippen molar-refractivity contribution < 1.29 is 28.8 Å². The Morgan fingerprint density at radius 3 is 2.00 bits per heavy atom. The van der Waals surface area contributed by atoms with Gasteiger partial charge < -0.3 is 28.8 Å². The van der Waals surface area contributed by atoms with Crippen LogP contribution in [-0.2, 0) is 11.2 Å². The Balaban J connectivity index is 2.17. The topological polar surface area (TPSA) is 66.4 Å². The number of phenolic OH excluding ortho intramolecular Hbond substituents is 1. The first-order valence-corrected chi connectivity index (χ1v) is 13.5. The van der Waals surface area contributed by atoms with Crippen molar-refractivity contribution in [1.29, 1.82) is 0 Å². The van der Waals surface area contributed by atoms with Gasteiger partial charge in [-0.25, -0.2) is 0 Å². The van der Waals surface area contributed by atoms with Gasteiger partial charge in [-0.1, -0.05) is 64.0 Å². The third-order valence-electron chi connectivity index (χ3n) is 6.46. The molecule has 2 unspecified atom stereocenters. The van der Waals surface area contributed by atoms with Crippen LogP contribution >= 0.6 is 0 Å². The van der Waals surface area contributed by atoms with Gasteiger partial charge in [0, 0.05) is 6.61 Å². The van der Waals surface area contributed by atoms with Crippen molar-refractivity contribution in [3.05, 3.63) is 54.1 Å². The van der Waals surface area contributed by atoms with Gasteiger partial charge in [-0.15, -0.1) is 6.58 Å². The highest BCUT2D eigenvalue weighted by atomic mass is 16.6. The lowest BCUT2D eigenvalue weighted by molar-refractivity contribution is -0.0234. The molecule has 0 saturated heterocycles. The fraction of sp³-hybridized carbons (Fsp3) is 0.548. The molecule has 0 aliphatic rings. The number of aromatic hydroxyl groups is 1. The molecule has 206 valence electrons. The average molecular weight is 515 g/mol. The van der Waals surface area contributed by atoms with E-state index in [1.165, 1.54) is 45.6 Å². The summed E-state index contributed by atoms with van der Waals surface area (Å²) in [5.74, 6) is 2.19. The van der Waals surface area contributed by atoms with E-state index in [0.29, 0.717) is 36.0 Å². The van der Waals surface area contributed by atoms with Crippen molar-refractivity contribution in [2.24, 2.45) is 0 Å². The van der Waals surface area contributed by atoms with Crippen LogP contribution in [0.4, 0.5) is 0 Å². The number of methoxy groups -OCH3 is 3. The molecule has 0 spiro atoms. The van der Waals surface area contributed by atoms with E-state index < -0.39 is 0 Å². The van der Waals surface area contributed by atoms with E-state index in [9.17, 15) is 5.11 Å². The van der Waals surface area contributed by atoms with Crippen molar-refractivity contribution in [2.45, 2.75) is 83.8 Å². The summed E-state index contributed by atoms with van der Waals surface area (Å²) in [7, 11) is 4.77. The molecule has 0 fully saturated rings. The van der Waals surface area contributed by atoms with E-state index in [2.05, 4.69) is 13.5 Å². The second kappa shape index (κ2) is 16.8. The van der Waals surface area contributed by atoms with Crippen LogP contribution in [0.3, 0.4) is 0 Å². The van der Waals surface area contributed by atoms with Gasteiger partial charge in [-0.2, -0.15) is 0 Å². The Morgan fingerprint density at radius 1 is 0.838 bits per heavy atom. The van der Waals surface area contributed by atoms with Gasteiger partial charge >= 0.3 is 0 Å². The van der Waals surface area contributed by atoms with E-state index in [1.54, 1.807) is 26.4 Å². The molecule has 2 aromatic rings. The summed E-state index contributed by atoms with van der Waals surface area (Å²) >= 11 is 0. The highest BCUT2D eigenvalue weighted by Crippen LogP contribution is 2.41. The van der Waals surface area contributed by atoms with Gasteiger partial charge in [0.15, 0.2) is 23.0 Å². The van der Waals surface area contributed by atoms with Gasteiger partial charge in [0.25, 0.3) is 0 Å². The number of unbranched alkanes of at least 4 members (excludes halogenated alkanes) is 7. The third kappa shape index (κ3) is 9.51. The Labute approximate surface area is 223 Å². The van der Waals surface area contributed by atoms with Gasteiger partial charge in [-0.05, 0) is 55.2 Å². The Kier molecular flexibility index (Phi) is 13.8. The molecule has 0 heterocycles. The molecule has 6 heteroatoms. The maximum absolute atomic E-state index is 10.1. The Bertz CT molecular complexity index is 916. The van der Waals surface area contributed by atoms with Crippen LogP contribution in [0.2, 0.25) is 0 Å². The lowest BCUT2D eigenvalue weighted by atomic mass is 10.0. The van der Waals surface area contributed by atoms with E-state index in [1.807, 2.05) is 31.2 Å². The van der Waals surface area contributed by atoms with Gasteiger partial charge in [-0.3, -0.25) is 0 Å². The van der Waals surface area contributed by atoms with Gasteiger partial charge in [0.2, 0.25) is 5.75 Å². The quantitative estimate of drug-likeness (QED) is 0.152. The largest absolute Gasteiger partial charge is 0.504 e. The number of rotatable bonds is 19. The maximum Gasteiger partial charge on any atom is 0.203 e. The fourth-order valence-electron chi connectivity index (χ4n) is 4.40. The van der Waals surface area contributed by atoms with Crippen LogP contribution in [0, 0.1) is 0 Å². The Morgan fingerprint density at radius 2 is 1.43 bits per heavy atom. The summed E-state index contributed by atoms with van der Waals surface area (Å²) in [6.07, 6.45) is 11.6. The molecule has 2 atom stereocenters. The van der Waals surface area contributed by atoms with Crippen LogP contribution in [0.15, 0.2) is 43.0 Å². The summed E-state index contributed by atoms with van der Waals surface area (Å²) in [6.45, 7) is 8.64. The summed E-state index contributed by atoms with van der Waals surface area (Å²) in [6, 6.07) is 9.14. The van der Waals surface area contributed by atoms with Crippen LogP contribution in [0.5, 0.6) is 28.7 Å². The second-order valence-corrected chi connectivity index (χ2v) is 9.34. The van der Waals surface area contributed by atoms with Crippen molar-refractivity contribution >= 4 is 0 Å². The number of hydrogen-bond acceptors (Lipinski definition) is 6. The molecule has 0 radical (unpaired) electrons. The number of phenols is 1. The molecule has 0 bridgehead atoms. The van der Waals surface area contributed by atoms with E-state index in [-0.39, 0.29) is 18.0 Å². The number of benzene rings is 2. The zero-order chi connectivity index (χ0) is 27.0. The van der Waals surface area contributed by atoms with E-state index in [4.69, 9.17) is 23.7 Å². The molecule has 0 aromatic heterocycles. The van der Waals surface area contributed by atoms with Crippen molar-refractivity contribution in [1.82, 2.24) is 0 Å². The Hall–Kier alpha value is -2.86. The summed E-state index contributed by atoms with van der Waals surface area (Å²) in [4.78, 5) is 0.